The zero-order valence-electron chi connectivity index (χ0n) is 12.7. The van der Waals surface area contributed by atoms with Gasteiger partial charge in [0.15, 0.2) is 0 Å². The lowest BCUT2D eigenvalue weighted by Gasteiger charge is -2.32. The number of nitrogens with zero attached hydrogens (tertiary/aromatic N) is 2. The fraction of sp³-hybridized carbons (Fsp3) is 0.722. The number of Topliss-reactive ketones (excluding diaryl/α,β-unsaturated/α-hetero) is 1. The molecule has 3 nitrogen and oxygen atoms in total. The number of carbonyl (C=O) groups is 1. The molecule has 0 aromatic carbocycles. The summed E-state index contributed by atoms with van der Waals surface area (Å²) >= 11 is 0. The fourth-order valence-electron chi connectivity index (χ4n) is 3.97. The zero-order chi connectivity index (χ0) is 14.7. The van der Waals surface area contributed by atoms with Gasteiger partial charge in [-0.25, -0.2) is 0 Å². The Hall–Kier alpha value is -1.43. The van der Waals surface area contributed by atoms with Crippen LogP contribution < -0.4 is 0 Å². The number of aliphatic imine (C=N–C) groups is 1. The van der Waals surface area contributed by atoms with Crippen molar-refractivity contribution in [2.24, 2.45) is 22.7 Å². The largest absolute Gasteiger partial charge is 0.299 e. The molecule has 0 radical (unpaired) electrons. The van der Waals surface area contributed by atoms with Gasteiger partial charge in [-0.05, 0) is 43.1 Å². The van der Waals surface area contributed by atoms with Gasteiger partial charge in [-0.1, -0.05) is 19.3 Å². The highest BCUT2D eigenvalue weighted by atomic mass is 16.1. The van der Waals surface area contributed by atoms with Gasteiger partial charge < -0.3 is 0 Å². The maximum Gasteiger partial charge on any atom is 0.141 e. The highest BCUT2D eigenvalue weighted by Gasteiger charge is 2.34. The molecule has 0 N–H and O–H groups in total. The van der Waals surface area contributed by atoms with Crippen LogP contribution in [0.1, 0.15) is 64.2 Å². The first-order valence-corrected chi connectivity index (χ1v) is 8.40. The van der Waals surface area contributed by atoms with Gasteiger partial charge in [-0.3, -0.25) is 9.79 Å². The lowest BCUT2D eigenvalue weighted by atomic mass is 9.70. The molecule has 0 amide bonds. The monoisotopic (exact) mass is 284 g/mol. The second-order valence-corrected chi connectivity index (χ2v) is 6.95. The number of rotatable bonds is 5. The molecular formula is C18H24N2O. The SMILES string of the molecule is N#CCC1CC(C(=O)CC2=NC=C(C3CCCCC3)C2)C1. The van der Waals surface area contributed by atoms with Gasteiger partial charge in [0.1, 0.15) is 5.78 Å². The Bertz CT molecular complexity index is 500. The van der Waals surface area contributed by atoms with Crippen LogP contribution in [0, 0.1) is 29.1 Å². The van der Waals surface area contributed by atoms with Crippen molar-refractivity contribution in [1.29, 1.82) is 5.26 Å². The van der Waals surface area contributed by atoms with Gasteiger partial charge in [0, 0.05) is 37.1 Å². The molecule has 0 aromatic rings. The topological polar surface area (TPSA) is 53.2 Å². The average molecular weight is 284 g/mol. The molecule has 112 valence electrons. The molecule has 0 atom stereocenters. The van der Waals surface area contributed by atoms with E-state index in [0.29, 0.717) is 24.5 Å². The predicted molar refractivity (Wildman–Crippen MR) is 82.8 cm³/mol. The molecule has 0 spiro atoms. The molecule has 3 rings (SSSR count). The molecule has 0 saturated heterocycles. The van der Waals surface area contributed by atoms with Gasteiger partial charge in [0.05, 0.1) is 6.07 Å². The Labute approximate surface area is 127 Å². The van der Waals surface area contributed by atoms with Gasteiger partial charge in [0.2, 0.25) is 0 Å². The summed E-state index contributed by atoms with van der Waals surface area (Å²) in [6.07, 6.45) is 12.6. The van der Waals surface area contributed by atoms with Crippen molar-refractivity contribution in [2.75, 3.05) is 0 Å². The minimum absolute atomic E-state index is 0.199. The summed E-state index contributed by atoms with van der Waals surface area (Å²) in [5, 5.41) is 8.65. The maximum absolute atomic E-state index is 12.2. The van der Waals surface area contributed by atoms with Gasteiger partial charge in [-0.15, -0.1) is 0 Å². The van der Waals surface area contributed by atoms with E-state index in [2.05, 4.69) is 11.1 Å². The summed E-state index contributed by atoms with van der Waals surface area (Å²) in [7, 11) is 0. The van der Waals surface area contributed by atoms with E-state index in [1.807, 2.05) is 6.20 Å². The van der Waals surface area contributed by atoms with Gasteiger partial charge >= 0.3 is 0 Å². The first-order valence-electron chi connectivity index (χ1n) is 8.40. The van der Waals surface area contributed by atoms with Crippen LogP contribution in [0.3, 0.4) is 0 Å². The van der Waals surface area contributed by atoms with E-state index in [-0.39, 0.29) is 5.92 Å². The third-order valence-corrected chi connectivity index (χ3v) is 5.40. The van der Waals surface area contributed by atoms with E-state index < -0.39 is 0 Å². The van der Waals surface area contributed by atoms with Crippen molar-refractivity contribution < 1.29 is 4.79 Å². The highest BCUT2D eigenvalue weighted by Crippen LogP contribution is 2.38. The van der Waals surface area contributed by atoms with Crippen LogP contribution in [0.15, 0.2) is 16.8 Å². The second kappa shape index (κ2) is 6.56. The molecule has 21 heavy (non-hydrogen) atoms. The molecule has 3 heteroatoms. The number of nitriles is 1. The van der Waals surface area contributed by atoms with Crippen LogP contribution in [0.25, 0.3) is 0 Å². The maximum atomic E-state index is 12.2. The number of hydrogen-bond acceptors (Lipinski definition) is 3. The van der Waals surface area contributed by atoms with E-state index in [1.165, 1.54) is 37.7 Å². The molecule has 0 unspecified atom stereocenters. The quantitative estimate of drug-likeness (QED) is 0.760. The molecule has 0 bridgehead atoms. The minimum atomic E-state index is 0.199. The third kappa shape index (κ3) is 3.43. The van der Waals surface area contributed by atoms with Gasteiger partial charge in [0.25, 0.3) is 0 Å². The van der Waals surface area contributed by atoms with Crippen molar-refractivity contribution >= 4 is 11.5 Å². The van der Waals surface area contributed by atoms with Crippen LogP contribution in [0.2, 0.25) is 0 Å². The van der Waals surface area contributed by atoms with Crippen LogP contribution in [-0.2, 0) is 4.79 Å². The molecule has 2 aliphatic carbocycles. The van der Waals surface area contributed by atoms with E-state index in [0.717, 1.165) is 30.9 Å². The first kappa shape index (κ1) is 14.5. The van der Waals surface area contributed by atoms with Crippen molar-refractivity contribution in [3.8, 4) is 6.07 Å². The summed E-state index contributed by atoms with van der Waals surface area (Å²) in [6.45, 7) is 0. The molecule has 2 fully saturated rings. The fourth-order valence-corrected chi connectivity index (χ4v) is 3.97. The van der Waals surface area contributed by atoms with E-state index in [4.69, 9.17) is 5.26 Å². The van der Waals surface area contributed by atoms with Crippen molar-refractivity contribution in [3.05, 3.63) is 11.8 Å². The van der Waals surface area contributed by atoms with Crippen LogP contribution >= 0.6 is 0 Å². The van der Waals surface area contributed by atoms with Crippen LogP contribution in [0.4, 0.5) is 0 Å². The molecule has 2 saturated carbocycles. The summed E-state index contributed by atoms with van der Waals surface area (Å²) in [6, 6.07) is 2.20. The smallest absolute Gasteiger partial charge is 0.141 e. The van der Waals surface area contributed by atoms with Gasteiger partial charge in [-0.2, -0.15) is 5.26 Å². The van der Waals surface area contributed by atoms with E-state index >= 15 is 0 Å². The summed E-state index contributed by atoms with van der Waals surface area (Å²) in [4.78, 5) is 16.7. The minimum Gasteiger partial charge on any atom is -0.299 e. The Morgan fingerprint density at radius 1 is 1.29 bits per heavy atom. The number of hydrogen-bond donors (Lipinski definition) is 0. The zero-order valence-corrected chi connectivity index (χ0v) is 12.7. The molecular weight excluding hydrogens is 260 g/mol. The Kier molecular flexibility index (Phi) is 4.53. The average Bonchev–Trinajstić information content (AvgIpc) is 2.91. The third-order valence-electron chi connectivity index (χ3n) is 5.40. The number of allylic oxidation sites excluding steroid dienone is 1. The van der Waals surface area contributed by atoms with E-state index in [1.54, 1.807) is 0 Å². The van der Waals surface area contributed by atoms with Crippen LogP contribution in [0.5, 0.6) is 0 Å². The highest BCUT2D eigenvalue weighted by molar-refractivity contribution is 6.05. The van der Waals surface area contributed by atoms with Crippen LogP contribution in [-0.4, -0.2) is 11.5 Å². The summed E-state index contributed by atoms with van der Waals surface area (Å²) < 4.78 is 0. The summed E-state index contributed by atoms with van der Waals surface area (Å²) in [5.41, 5.74) is 2.54. The molecule has 3 aliphatic rings. The van der Waals surface area contributed by atoms with Crippen molar-refractivity contribution in [2.45, 2.75) is 64.2 Å². The first-order chi connectivity index (χ1) is 10.3. The lowest BCUT2D eigenvalue weighted by Crippen LogP contribution is -2.31. The second-order valence-electron chi connectivity index (χ2n) is 6.95. The molecule has 1 aliphatic heterocycles. The van der Waals surface area contributed by atoms with Crippen molar-refractivity contribution in [1.82, 2.24) is 0 Å². The number of carbonyl (C=O) groups excluding carboxylic acids is 1. The Balaban J connectivity index is 1.42. The molecule has 0 aromatic heterocycles. The standard InChI is InChI=1S/C18H24N2O/c19-7-6-13-8-15(9-13)18(21)11-17-10-16(12-20-17)14-4-2-1-3-5-14/h12-15H,1-6,8-11H2. The normalized spacial score (nSPS) is 29.3. The predicted octanol–water partition coefficient (Wildman–Crippen LogP) is 4.19. The number of ketones is 1. The summed E-state index contributed by atoms with van der Waals surface area (Å²) in [5.74, 6) is 1.73. The van der Waals surface area contributed by atoms with E-state index in [9.17, 15) is 4.79 Å². The molecule has 1 heterocycles. The Morgan fingerprint density at radius 3 is 2.76 bits per heavy atom. The van der Waals surface area contributed by atoms with Crippen molar-refractivity contribution in [3.63, 3.8) is 0 Å². The lowest BCUT2D eigenvalue weighted by molar-refractivity contribution is -0.125. The Morgan fingerprint density at radius 2 is 2.05 bits per heavy atom.